The largest absolute Gasteiger partial charge is 0.328 e. The predicted molar refractivity (Wildman–Crippen MR) is 77.4 cm³/mol. The van der Waals surface area contributed by atoms with Crippen LogP contribution in [0.5, 0.6) is 0 Å². The number of hydrogen-bond donors (Lipinski definition) is 1. The summed E-state index contributed by atoms with van der Waals surface area (Å²) in [6, 6.07) is 5.77. The van der Waals surface area contributed by atoms with Crippen molar-refractivity contribution in [1.82, 2.24) is 5.32 Å². The Morgan fingerprint density at radius 1 is 1.26 bits per heavy atom. The lowest BCUT2D eigenvalue weighted by Crippen LogP contribution is -2.49. The molecule has 0 atom stereocenters. The van der Waals surface area contributed by atoms with Gasteiger partial charge in [-0.1, -0.05) is 32.9 Å². The lowest BCUT2D eigenvalue weighted by Gasteiger charge is -2.28. The highest BCUT2D eigenvalue weighted by Crippen LogP contribution is 2.23. The van der Waals surface area contributed by atoms with Gasteiger partial charge in [0, 0.05) is 18.7 Å². The summed E-state index contributed by atoms with van der Waals surface area (Å²) < 4.78 is 0. The standard InChI is InChI=1S/C13H16N2O2.C2H6/c1-3-10-5-4-9(2)11(8-10)15-7-6-12(16)14-13(15)17;1-2/h4-5,8H,3,6-7H2,1-2H3,(H,14,16,17);1-2H3. The first kappa shape index (κ1) is 15.2. The first-order chi connectivity index (χ1) is 9.11. The van der Waals surface area contributed by atoms with Gasteiger partial charge in [-0.05, 0) is 30.5 Å². The Morgan fingerprint density at radius 2 is 1.95 bits per heavy atom. The maximum absolute atomic E-state index is 11.8. The van der Waals surface area contributed by atoms with Gasteiger partial charge < -0.3 is 0 Å². The molecule has 0 radical (unpaired) electrons. The molecule has 1 aromatic rings. The molecule has 1 fully saturated rings. The number of benzene rings is 1. The van der Waals surface area contributed by atoms with Crippen molar-refractivity contribution in [2.45, 2.75) is 40.5 Å². The summed E-state index contributed by atoms with van der Waals surface area (Å²) >= 11 is 0. The Bertz CT molecular complexity index is 469. The van der Waals surface area contributed by atoms with Gasteiger partial charge in [0.1, 0.15) is 0 Å². The minimum Gasteiger partial charge on any atom is -0.293 e. The van der Waals surface area contributed by atoms with Crippen molar-refractivity contribution in [3.05, 3.63) is 29.3 Å². The normalized spacial score (nSPS) is 14.6. The number of carbonyl (C=O) groups is 2. The summed E-state index contributed by atoms with van der Waals surface area (Å²) in [7, 11) is 0. The molecule has 2 rings (SSSR count). The van der Waals surface area contributed by atoms with Crippen LogP contribution in [0, 0.1) is 6.92 Å². The van der Waals surface area contributed by atoms with E-state index in [1.54, 1.807) is 4.90 Å². The number of rotatable bonds is 2. The number of aryl methyl sites for hydroxylation is 2. The number of amides is 3. The summed E-state index contributed by atoms with van der Waals surface area (Å²) in [5.74, 6) is -0.199. The fourth-order valence-corrected chi connectivity index (χ4v) is 1.96. The van der Waals surface area contributed by atoms with Gasteiger partial charge in [0.15, 0.2) is 0 Å². The molecular formula is C15H22N2O2. The van der Waals surface area contributed by atoms with Crippen LogP contribution in [0.4, 0.5) is 10.5 Å². The molecule has 1 heterocycles. The van der Waals surface area contributed by atoms with Crippen LogP contribution in [0.3, 0.4) is 0 Å². The van der Waals surface area contributed by atoms with Crippen LogP contribution in [-0.2, 0) is 11.2 Å². The van der Waals surface area contributed by atoms with Crippen molar-refractivity contribution in [3.8, 4) is 0 Å². The molecule has 1 N–H and O–H groups in total. The van der Waals surface area contributed by atoms with Crippen LogP contribution in [-0.4, -0.2) is 18.5 Å². The average Bonchev–Trinajstić information content (AvgIpc) is 2.42. The maximum atomic E-state index is 11.8. The Hall–Kier alpha value is -1.84. The first-order valence-corrected chi connectivity index (χ1v) is 6.82. The fourth-order valence-electron chi connectivity index (χ4n) is 1.96. The second kappa shape index (κ2) is 6.92. The van der Waals surface area contributed by atoms with Crippen LogP contribution in [0.2, 0.25) is 0 Å². The maximum Gasteiger partial charge on any atom is 0.328 e. The third kappa shape index (κ3) is 3.56. The quantitative estimate of drug-likeness (QED) is 0.890. The van der Waals surface area contributed by atoms with E-state index in [4.69, 9.17) is 0 Å². The predicted octanol–water partition coefficient (Wildman–Crippen LogP) is 3.03. The van der Waals surface area contributed by atoms with E-state index >= 15 is 0 Å². The number of anilines is 1. The highest BCUT2D eigenvalue weighted by molar-refractivity contribution is 6.05. The van der Waals surface area contributed by atoms with Gasteiger partial charge in [-0.3, -0.25) is 15.0 Å². The Labute approximate surface area is 114 Å². The second-order valence-electron chi connectivity index (χ2n) is 4.23. The average molecular weight is 262 g/mol. The summed E-state index contributed by atoms with van der Waals surface area (Å²) in [4.78, 5) is 24.5. The molecule has 1 aromatic carbocycles. The zero-order valence-corrected chi connectivity index (χ0v) is 12.1. The van der Waals surface area contributed by atoms with E-state index in [-0.39, 0.29) is 11.9 Å². The summed E-state index contributed by atoms with van der Waals surface area (Å²) in [6.45, 7) is 8.51. The molecule has 104 valence electrons. The van der Waals surface area contributed by atoms with Crippen LogP contribution in [0.25, 0.3) is 0 Å². The molecule has 19 heavy (non-hydrogen) atoms. The van der Waals surface area contributed by atoms with Crippen molar-refractivity contribution < 1.29 is 9.59 Å². The SMILES string of the molecule is CC.CCc1ccc(C)c(N2CCC(=O)NC2=O)c1. The topological polar surface area (TPSA) is 49.4 Å². The Kier molecular flexibility index (Phi) is 5.55. The van der Waals surface area contributed by atoms with Crippen molar-refractivity contribution in [2.75, 3.05) is 11.4 Å². The minimum atomic E-state index is -0.322. The molecule has 0 bridgehead atoms. The third-order valence-corrected chi connectivity index (χ3v) is 3.03. The van der Waals surface area contributed by atoms with Crippen molar-refractivity contribution in [1.29, 1.82) is 0 Å². The number of urea groups is 1. The third-order valence-electron chi connectivity index (χ3n) is 3.03. The molecule has 0 spiro atoms. The van der Waals surface area contributed by atoms with Crippen LogP contribution in [0.1, 0.15) is 38.3 Å². The zero-order chi connectivity index (χ0) is 14.4. The van der Waals surface area contributed by atoms with Crippen LogP contribution >= 0.6 is 0 Å². The van der Waals surface area contributed by atoms with Crippen molar-refractivity contribution >= 4 is 17.6 Å². The monoisotopic (exact) mass is 262 g/mol. The number of nitrogens with one attached hydrogen (secondary N) is 1. The van der Waals surface area contributed by atoms with Gasteiger partial charge in [0.25, 0.3) is 0 Å². The molecule has 1 aliphatic heterocycles. The van der Waals surface area contributed by atoms with Crippen molar-refractivity contribution in [2.24, 2.45) is 0 Å². The van der Waals surface area contributed by atoms with E-state index in [9.17, 15) is 9.59 Å². The van der Waals surface area contributed by atoms with Gasteiger partial charge in [0.05, 0.1) is 0 Å². The summed E-state index contributed by atoms with van der Waals surface area (Å²) in [5.41, 5.74) is 3.14. The zero-order valence-electron chi connectivity index (χ0n) is 12.1. The Balaban J connectivity index is 0.000000861. The molecule has 0 saturated carbocycles. The van der Waals surface area contributed by atoms with E-state index in [1.807, 2.05) is 32.9 Å². The Morgan fingerprint density at radius 3 is 2.53 bits per heavy atom. The van der Waals surface area contributed by atoms with E-state index in [0.29, 0.717) is 13.0 Å². The second-order valence-corrected chi connectivity index (χ2v) is 4.23. The summed E-state index contributed by atoms with van der Waals surface area (Å²) in [6.07, 6.45) is 1.29. The molecule has 0 aromatic heterocycles. The molecule has 0 unspecified atom stereocenters. The number of carbonyl (C=O) groups excluding carboxylic acids is 2. The fraction of sp³-hybridized carbons (Fsp3) is 0.467. The summed E-state index contributed by atoms with van der Waals surface area (Å²) in [5, 5.41) is 2.34. The number of imide groups is 1. The van der Waals surface area contributed by atoms with Crippen LogP contribution in [0.15, 0.2) is 18.2 Å². The molecule has 4 heteroatoms. The van der Waals surface area contributed by atoms with Gasteiger partial charge in [-0.25, -0.2) is 4.79 Å². The van der Waals surface area contributed by atoms with E-state index in [2.05, 4.69) is 18.3 Å². The molecule has 1 saturated heterocycles. The number of nitrogens with zero attached hydrogens (tertiary/aromatic N) is 1. The smallest absolute Gasteiger partial charge is 0.293 e. The molecular weight excluding hydrogens is 240 g/mol. The van der Waals surface area contributed by atoms with Gasteiger partial charge >= 0.3 is 6.03 Å². The number of hydrogen-bond acceptors (Lipinski definition) is 2. The molecule has 1 aliphatic rings. The highest BCUT2D eigenvalue weighted by atomic mass is 16.2. The minimum absolute atomic E-state index is 0.199. The molecule has 0 aliphatic carbocycles. The molecule has 3 amide bonds. The lowest BCUT2D eigenvalue weighted by molar-refractivity contribution is -0.120. The molecule has 4 nitrogen and oxygen atoms in total. The van der Waals surface area contributed by atoms with Gasteiger partial charge in [-0.2, -0.15) is 0 Å². The van der Waals surface area contributed by atoms with E-state index in [0.717, 1.165) is 17.7 Å². The van der Waals surface area contributed by atoms with Gasteiger partial charge in [0.2, 0.25) is 5.91 Å². The van der Waals surface area contributed by atoms with E-state index in [1.165, 1.54) is 5.56 Å². The van der Waals surface area contributed by atoms with Crippen molar-refractivity contribution in [3.63, 3.8) is 0 Å². The van der Waals surface area contributed by atoms with E-state index < -0.39 is 0 Å². The van der Waals surface area contributed by atoms with Crippen LogP contribution < -0.4 is 10.2 Å². The first-order valence-electron chi connectivity index (χ1n) is 6.82. The lowest BCUT2D eigenvalue weighted by atomic mass is 10.1. The highest BCUT2D eigenvalue weighted by Gasteiger charge is 2.25. The van der Waals surface area contributed by atoms with Gasteiger partial charge in [-0.15, -0.1) is 0 Å².